The van der Waals surface area contributed by atoms with Crippen molar-refractivity contribution in [1.29, 1.82) is 0 Å². The summed E-state index contributed by atoms with van der Waals surface area (Å²) >= 11 is 0. The highest BCUT2D eigenvalue weighted by Crippen LogP contribution is 2.29. The molecule has 0 aromatic rings. The maximum absolute atomic E-state index is 9.98. The minimum atomic E-state index is -1.75. The van der Waals surface area contributed by atoms with Gasteiger partial charge in [0.25, 0.3) is 0 Å². The first-order valence-corrected chi connectivity index (χ1v) is 7.24. The Morgan fingerprint density at radius 3 is 1.79 bits per heavy atom. The molecule has 0 spiro atoms. The molecular formula is C12H22O12. The molecule has 0 bridgehead atoms. The fourth-order valence-electron chi connectivity index (χ4n) is 2.69. The van der Waals surface area contributed by atoms with Crippen LogP contribution in [0, 0.1) is 0 Å². The normalized spacial score (nSPS) is 50.0. The third kappa shape index (κ3) is 3.70. The second-order valence-corrected chi connectivity index (χ2v) is 5.61. The summed E-state index contributed by atoms with van der Waals surface area (Å²) in [4.78, 5) is 3.97. The van der Waals surface area contributed by atoms with Gasteiger partial charge in [0.15, 0.2) is 12.6 Å². The lowest BCUT2D eigenvalue weighted by atomic mass is 9.97. The van der Waals surface area contributed by atoms with Gasteiger partial charge in [-0.15, -0.1) is 0 Å². The summed E-state index contributed by atoms with van der Waals surface area (Å²) in [6.45, 7) is -1.38. The van der Waals surface area contributed by atoms with E-state index in [0.29, 0.717) is 0 Å². The van der Waals surface area contributed by atoms with Crippen LogP contribution in [0.25, 0.3) is 0 Å². The average Bonchev–Trinajstić information content (AvgIpc) is 2.58. The van der Waals surface area contributed by atoms with Crippen molar-refractivity contribution in [2.75, 3.05) is 13.2 Å². The molecule has 2 saturated heterocycles. The highest BCUT2D eigenvalue weighted by Gasteiger charge is 2.50. The molecular weight excluding hydrogens is 336 g/mol. The van der Waals surface area contributed by atoms with E-state index in [9.17, 15) is 35.7 Å². The van der Waals surface area contributed by atoms with E-state index in [-0.39, 0.29) is 0 Å². The largest absolute Gasteiger partial charge is 0.394 e. The highest BCUT2D eigenvalue weighted by atomic mass is 17.1. The molecule has 24 heavy (non-hydrogen) atoms. The fraction of sp³-hybridized carbons (Fsp3) is 1.00. The van der Waals surface area contributed by atoms with Gasteiger partial charge in [-0.2, -0.15) is 0 Å². The molecule has 0 amide bonds. The second kappa shape index (κ2) is 8.27. The van der Waals surface area contributed by atoms with E-state index in [2.05, 4.69) is 4.89 Å². The average molecular weight is 358 g/mol. The molecule has 10 atom stereocenters. The molecule has 2 rings (SSSR count). The van der Waals surface area contributed by atoms with Crippen molar-refractivity contribution in [2.45, 2.75) is 61.4 Å². The van der Waals surface area contributed by atoms with Crippen molar-refractivity contribution < 1.29 is 60.1 Å². The zero-order valence-corrected chi connectivity index (χ0v) is 12.4. The summed E-state index contributed by atoms with van der Waals surface area (Å²) < 4.78 is 15.3. The Kier molecular flexibility index (Phi) is 6.83. The summed E-state index contributed by atoms with van der Waals surface area (Å²) in [6.07, 6.45) is -15.6. The molecule has 0 aliphatic carbocycles. The lowest BCUT2D eigenvalue weighted by Gasteiger charge is -2.45. The van der Waals surface area contributed by atoms with Crippen LogP contribution in [0.4, 0.5) is 0 Å². The molecule has 142 valence electrons. The molecule has 8 N–H and O–H groups in total. The molecule has 2 heterocycles. The van der Waals surface area contributed by atoms with Crippen LogP contribution >= 0.6 is 0 Å². The number of aliphatic hydroxyl groups is 7. The first kappa shape index (κ1) is 19.8. The molecule has 0 radical (unpaired) electrons. The van der Waals surface area contributed by atoms with E-state index in [0.717, 1.165) is 0 Å². The van der Waals surface area contributed by atoms with E-state index >= 15 is 0 Å². The van der Waals surface area contributed by atoms with Crippen molar-refractivity contribution in [3.05, 3.63) is 0 Å². The van der Waals surface area contributed by atoms with Gasteiger partial charge < -0.3 is 50.0 Å². The van der Waals surface area contributed by atoms with Gasteiger partial charge in [0, 0.05) is 0 Å². The third-order valence-corrected chi connectivity index (χ3v) is 4.07. The maximum Gasteiger partial charge on any atom is 0.187 e. The van der Waals surface area contributed by atoms with Gasteiger partial charge in [-0.1, -0.05) is 0 Å². The van der Waals surface area contributed by atoms with Crippen LogP contribution in [-0.2, 0) is 19.1 Å². The minimum Gasteiger partial charge on any atom is -0.394 e. The summed E-state index contributed by atoms with van der Waals surface area (Å²) in [6, 6.07) is 0. The third-order valence-electron chi connectivity index (χ3n) is 4.07. The smallest absolute Gasteiger partial charge is 0.187 e. The summed E-state index contributed by atoms with van der Waals surface area (Å²) in [5.74, 6) is 0. The number of hydrogen-bond donors (Lipinski definition) is 8. The van der Waals surface area contributed by atoms with Gasteiger partial charge >= 0.3 is 0 Å². The SMILES string of the molecule is OC[C@H]1O[C@H](O)[C@H](O)[C@@H](O)[C@@H]1O[C@H]1O[C@H](CO)[C@@H](OO)[C@H](O)[C@H]1O. The predicted octanol–water partition coefficient (Wildman–Crippen LogP) is -4.90. The van der Waals surface area contributed by atoms with Crippen LogP contribution in [0.15, 0.2) is 0 Å². The van der Waals surface area contributed by atoms with E-state index in [4.69, 9.17) is 19.5 Å². The van der Waals surface area contributed by atoms with Crippen LogP contribution in [0.5, 0.6) is 0 Å². The monoisotopic (exact) mass is 358 g/mol. The highest BCUT2D eigenvalue weighted by molar-refractivity contribution is 4.93. The molecule has 12 heteroatoms. The molecule has 2 fully saturated rings. The van der Waals surface area contributed by atoms with Crippen molar-refractivity contribution in [2.24, 2.45) is 0 Å². The number of aliphatic hydroxyl groups excluding tert-OH is 7. The van der Waals surface area contributed by atoms with E-state index < -0.39 is 74.6 Å². The van der Waals surface area contributed by atoms with Crippen molar-refractivity contribution in [3.8, 4) is 0 Å². The molecule has 2 aliphatic rings. The Hall–Kier alpha value is -0.480. The Bertz CT molecular complexity index is 392. The Morgan fingerprint density at radius 1 is 0.708 bits per heavy atom. The van der Waals surface area contributed by atoms with E-state index in [1.54, 1.807) is 0 Å². The minimum absolute atomic E-state index is 0.691. The van der Waals surface area contributed by atoms with Gasteiger partial charge in [-0.05, 0) is 0 Å². The number of ether oxygens (including phenoxy) is 3. The van der Waals surface area contributed by atoms with Gasteiger partial charge in [0.2, 0.25) is 0 Å². The molecule has 12 nitrogen and oxygen atoms in total. The molecule has 0 saturated carbocycles. The van der Waals surface area contributed by atoms with Gasteiger partial charge in [0.05, 0.1) is 13.2 Å². The number of rotatable bonds is 5. The van der Waals surface area contributed by atoms with Crippen LogP contribution in [0.1, 0.15) is 0 Å². The predicted molar refractivity (Wildman–Crippen MR) is 70.1 cm³/mol. The molecule has 2 aliphatic heterocycles. The number of hydrogen-bond acceptors (Lipinski definition) is 12. The zero-order valence-electron chi connectivity index (χ0n) is 12.4. The first-order chi connectivity index (χ1) is 11.3. The standard InChI is InChI=1S/C12H22O12/c13-1-3-9(5(15)7(17)11(19)21-3)23-12-8(18)6(16)10(24-20)4(2-14)22-12/h3-20H,1-2H2/t3-,4-,5-,6-,7-,8-,9-,10-,11+,12-/m1/s1. The summed E-state index contributed by atoms with van der Waals surface area (Å²) in [7, 11) is 0. The Morgan fingerprint density at radius 2 is 1.25 bits per heavy atom. The first-order valence-electron chi connectivity index (χ1n) is 7.24. The van der Waals surface area contributed by atoms with E-state index in [1.807, 2.05) is 0 Å². The van der Waals surface area contributed by atoms with E-state index in [1.165, 1.54) is 0 Å². The van der Waals surface area contributed by atoms with Gasteiger partial charge in [-0.3, -0.25) is 5.26 Å². The lowest BCUT2D eigenvalue weighted by molar-refractivity contribution is -0.392. The molecule has 0 aromatic heterocycles. The quantitative estimate of drug-likeness (QED) is 0.172. The fourth-order valence-corrected chi connectivity index (χ4v) is 2.69. The topological polar surface area (TPSA) is 199 Å². The van der Waals surface area contributed by atoms with Crippen LogP contribution in [0.2, 0.25) is 0 Å². The van der Waals surface area contributed by atoms with Crippen molar-refractivity contribution >= 4 is 0 Å². The van der Waals surface area contributed by atoms with Crippen LogP contribution in [0.3, 0.4) is 0 Å². The molecule has 0 aromatic carbocycles. The zero-order chi connectivity index (χ0) is 18.0. The van der Waals surface area contributed by atoms with Crippen LogP contribution < -0.4 is 0 Å². The van der Waals surface area contributed by atoms with Crippen molar-refractivity contribution in [3.63, 3.8) is 0 Å². The molecule has 0 unspecified atom stereocenters. The second-order valence-electron chi connectivity index (χ2n) is 5.61. The summed E-state index contributed by atoms with van der Waals surface area (Å²) in [5, 5.41) is 76.0. The Labute approximate surface area is 135 Å². The van der Waals surface area contributed by atoms with Gasteiger partial charge in [-0.25, -0.2) is 4.89 Å². The maximum atomic E-state index is 9.98. The summed E-state index contributed by atoms with van der Waals surface area (Å²) in [5.41, 5.74) is 0. The van der Waals surface area contributed by atoms with Crippen LogP contribution in [-0.4, -0.2) is 116 Å². The van der Waals surface area contributed by atoms with Gasteiger partial charge in [0.1, 0.15) is 48.8 Å². The Balaban J connectivity index is 2.12. The van der Waals surface area contributed by atoms with Crippen molar-refractivity contribution in [1.82, 2.24) is 0 Å². The lowest BCUT2D eigenvalue weighted by Crippen LogP contribution is -2.64.